The van der Waals surface area contributed by atoms with Crippen molar-refractivity contribution < 1.29 is 14.7 Å². The van der Waals surface area contributed by atoms with Gasteiger partial charge in [0.05, 0.1) is 6.54 Å². The molecule has 0 spiro atoms. The first-order valence-corrected chi connectivity index (χ1v) is 8.29. The minimum atomic E-state index is -0.792. The summed E-state index contributed by atoms with van der Waals surface area (Å²) < 4.78 is 0. The highest BCUT2D eigenvalue weighted by molar-refractivity contribution is 5.80. The molecule has 0 radical (unpaired) electrons. The SMILES string of the molecule is CCC1CCCCN1C(=O)CN1CCC(C)CC1C(=O)O. The quantitative estimate of drug-likeness (QED) is 0.861. The van der Waals surface area contributed by atoms with Crippen molar-refractivity contribution in [3.8, 4) is 0 Å². The van der Waals surface area contributed by atoms with Gasteiger partial charge >= 0.3 is 5.97 Å². The Morgan fingerprint density at radius 3 is 2.62 bits per heavy atom. The fourth-order valence-corrected chi connectivity index (χ4v) is 3.65. The fraction of sp³-hybridized carbons (Fsp3) is 0.875. The van der Waals surface area contributed by atoms with E-state index in [1.54, 1.807) is 0 Å². The lowest BCUT2D eigenvalue weighted by Gasteiger charge is -2.39. The highest BCUT2D eigenvalue weighted by Crippen LogP contribution is 2.24. The Morgan fingerprint density at radius 2 is 1.95 bits per heavy atom. The van der Waals surface area contributed by atoms with Crippen LogP contribution in [0.3, 0.4) is 0 Å². The van der Waals surface area contributed by atoms with Crippen molar-refractivity contribution in [3.05, 3.63) is 0 Å². The lowest BCUT2D eigenvalue weighted by molar-refractivity contribution is -0.147. The molecule has 2 saturated heterocycles. The first-order chi connectivity index (χ1) is 10.0. The lowest BCUT2D eigenvalue weighted by atomic mass is 9.92. The summed E-state index contributed by atoms with van der Waals surface area (Å²) in [5, 5.41) is 9.38. The molecule has 2 aliphatic rings. The fourth-order valence-electron chi connectivity index (χ4n) is 3.65. The Labute approximate surface area is 127 Å². The molecule has 2 heterocycles. The average Bonchev–Trinajstić information content (AvgIpc) is 2.48. The molecule has 5 heteroatoms. The number of likely N-dealkylation sites (tertiary alicyclic amines) is 2. The van der Waals surface area contributed by atoms with E-state index in [0.717, 1.165) is 32.2 Å². The molecule has 0 aromatic rings. The summed E-state index contributed by atoms with van der Waals surface area (Å²) in [6.07, 6.45) is 5.98. The van der Waals surface area contributed by atoms with Crippen LogP contribution < -0.4 is 0 Å². The van der Waals surface area contributed by atoms with Crippen LogP contribution in [0.4, 0.5) is 0 Å². The van der Waals surface area contributed by atoms with Crippen molar-refractivity contribution in [1.29, 1.82) is 0 Å². The Bertz CT molecular complexity index is 386. The van der Waals surface area contributed by atoms with Gasteiger partial charge in [0.2, 0.25) is 5.91 Å². The number of rotatable bonds is 4. The van der Waals surface area contributed by atoms with E-state index in [2.05, 4.69) is 13.8 Å². The number of carbonyl (C=O) groups is 2. The van der Waals surface area contributed by atoms with Crippen molar-refractivity contribution in [2.24, 2.45) is 5.92 Å². The molecule has 1 amide bonds. The van der Waals surface area contributed by atoms with Gasteiger partial charge in [0.1, 0.15) is 6.04 Å². The van der Waals surface area contributed by atoms with Gasteiger partial charge in [-0.2, -0.15) is 0 Å². The molecular formula is C16H28N2O3. The Hall–Kier alpha value is -1.10. The summed E-state index contributed by atoms with van der Waals surface area (Å²) in [7, 11) is 0. The molecule has 3 atom stereocenters. The topological polar surface area (TPSA) is 60.9 Å². The minimum Gasteiger partial charge on any atom is -0.480 e. The van der Waals surface area contributed by atoms with Gasteiger partial charge in [-0.25, -0.2) is 0 Å². The van der Waals surface area contributed by atoms with E-state index in [9.17, 15) is 14.7 Å². The first-order valence-electron chi connectivity index (χ1n) is 8.29. The largest absolute Gasteiger partial charge is 0.480 e. The van der Waals surface area contributed by atoms with Crippen LogP contribution in [-0.4, -0.2) is 58.5 Å². The van der Waals surface area contributed by atoms with Crippen molar-refractivity contribution in [3.63, 3.8) is 0 Å². The van der Waals surface area contributed by atoms with E-state index in [0.29, 0.717) is 24.9 Å². The molecule has 5 nitrogen and oxygen atoms in total. The summed E-state index contributed by atoms with van der Waals surface area (Å²) in [4.78, 5) is 27.9. The number of aliphatic carboxylic acids is 1. The van der Waals surface area contributed by atoms with Crippen molar-refractivity contribution >= 4 is 11.9 Å². The van der Waals surface area contributed by atoms with Crippen molar-refractivity contribution in [1.82, 2.24) is 9.80 Å². The van der Waals surface area contributed by atoms with Crippen molar-refractivity contribution in [2.45, 2.75) is 64.5 Å². The zero-order valence-corrected chi connectivity index (χ0v) is 13.3. The van der Waals surface area contributed by atoms with E-state index >= 15 is 0 Å². The molecule has 0 aromatic heterocycles. The van der Waals surface area contributed by atoms with Gasteiger partial charge in [0.15, 0.2) is 0 Å². The first kappa shape index (κ1) is 16.3. The van der Waals surface area contributed by atoms with Crippen LogP contribution in [0.2, 0.25) is 0 Å². The van der Waals surface area contributed by atoms with E-state index < -0.39 is 12.0 Å². The number of carboxylic acids is 1. The normalized spacial score (nSPS) is 31.1. The zero-order valence-electron chi connectivity index (χ0n) is 13.3. The predicted molar refractivity (Wildman–Crippen MR) is 81.0 cm³/mol. The second-order valence-electron chi connectivity index (χ2n) is 6.60. The molecule has 0 bridgehead atoms. The summed E-state index contributed by atoms with van der Waals surface area (Å²) in [5.41, 5.74) is 0. The highest BCUT2D eigenvalue weighted by Gasteiger charge is 2.34. The second kappa shape index (κ2) is 7.25. The number of amides is 1. The number of piperidine rings is 2. The van der Waals surface area contributed by atoms with Crippen LogP contribution in [0.25, 0.3) is 0 Å². The van der Waals surface area contributed by atoms with Gasteiger partial charge in [-0.05, 0) is 51.0 Å². The van der Waals surface area contributed by atoms with Gasteiger partial charge in [0, 0.05) is 12.6 Å². The third-order valence-electron chi connectivity index (χ3n) is 5.02. The van der Waals surface area contributed by atoms with Crippen LogP contribution in [-0.2, 0) is 9.59 Å². The van der Waals surface area contributed by atoms with Crippen LogP contribution in [0, 0.1) is 5.92 Å². The summed E-state index contributed by atoms with van der Waals surface area (Å²) in [5.74, 6) is -0.252. The molecule has 2 fully saturated rings. The lowest BCUT2D eigenvalue weighted by Crippen LogP contribution is -2.53. The number of carbonyl (C=O) groups excluding carboxylic acids is 1. The molecule has 21 heavy (non-hydrogen) atoms. The monoisotopic (exact) mass is 296 g/mol. The molecule has 2 aliphatic heterocycles. The molecule has 1 N–H and O–H groups in total. The number of hydrogen-bond acceptors (Lipinski definition) is 3. The van der Waals surface area contributed by atoms with E-state index in [1.165, 1.54) is 6.42 Å². The number of hydrogen-bond donors (Lipinski definition) is 1. The molecule has 0 aromatic carbocycles. The van der Waals surface area contributed by atoms with E-state index in [1.807, 2.05) is 9.80 Å². The van der Waals surface area contributed by atoms with Crippen molar-refractivity contribution in [2.75, 3.05) is 19.6 Å². The zero-order chi connectivity index (χ0) is 15.4. The molecule has 2 rings (SSSR count). The Morgan fingerprint density at radius 1 is 1.19 bits per heavy atom. The summed E-state index contributed by atoms with van der Waals surface area (Å²) >= 11 is 0. The Kier molecular flexibility index (Phi) is 5.62. The third kappa shape index (κ3) is 3.96. The minimum absolute atomic E-state index is 0.113. The molecule has 0 aliphatic carbocycles. The summed E-state index contributed by atoms with van der Waals surface area (Å²) in [6, 6.07) is -0.152. The molecular weight excluding hydrogens is 268 g/mol. The maximum absolute atomic E-state index is 12.6. The molecule has 0 saturated carbocycles. The van der Waals surface area contributed by atoms with Crippen LogP contribution in [0.1, 0.15) is 52.4 Å². The highest BCUT2D eigenvalue weighted by atomic mass is 16.4. The van der Waals surface area contributed by atoms with Gasteiger partial charge in [-0.1, -0.05) is 13.8 Å². The maximum Gasteiger partial charge on any atom is 0.320 e. The van der Waals surface area contributed by atoms with Gasteiger partial charge in [-0.15, -0.1) is 0 Å². The number of carboxylic acid groups (broad SMARTS) is 1. The van der Waals surface area contributed by atoms with E-state index in [-0.39, 0.29) is 12.5 Å². The van der Waals surface area contributed by atoms with Crippen LogP contribution in [0.15, 0.2) is 0 Å². The smallest absolute Gasteiger partial charge is 0.320 e. The van der Waals surface area contributed by atoms with Crippen LogP contribution in [0.5, 0.6) is 0 Å². The molecule has 3 unspecified atom stereocenters. The van der Waals surface area contributed by atoms with Crippen LogP contribution >= 0.6 is 0 Å². The standard InChI is InChI=1S/C16H28N2O3/c1-3-13-6-4-5-8-18(13)15(19)11-17-9-7-12(2)10-14(17)16(20)21/h12-14H,3-11H2,1-2H3,(H,20,21). The Balaban J connectivity index is 1.98. The van der Waals surface area contributed by atoms with Gasteiger partial charge in [-0.3, -0.25) is 14.5 Å². The second-order valence-corrected chi connectivity index (χ2v) is 6.60. The summed E-state index contributed by atoms with van der Waals surface area (Å²) in [6.45, 7) is 6.03. The van der Waals surface area contributed by atoms with E-state index in [4.69, 9.17) is 0 Å². The van der Waals surface area contributed by atoms with Gasteiger partial charge in [0.25, 0.3) is 0 Å². The number of nitrogens with zero attached hydrogens (tertiary/aromatic N) is 2. The van der Waals surface area contributed by atoms with Gasteiger partial charge < -0.3 is 10.0 Å². The average molecular weight is 296 g/mol. The third-order valence-corrected chi connectivity index (χ3v) is 5.02. The predicted octanol–water partition coefficient (Wildman–Crippen LogP) is 1.96. The molecule has 120 valence electrons. The maximum atomic E-state index is 12.6.